The minimum atomic E-state index is -3.07. The third kappa shape index (κ3) is 3.90. The summed E-state index contributed by atoms with van der Waals surface area (Å²) in [5, 5.41) is 12.7. The maximum absolute atomic E-state index is 13.6. The van der Waals surface area contributed by atoms with Crippen LogP contribution in [0.3, 0.4) is 0 Å². The number of sulfonamides is 1. The Morgan fingerprint density at radius 3 is 2.79 bits per heavy atom. The van der Waals surface area contributed by atoms with E-state index in [1.807, 2.05) is 0 Å². The molecular formula is C15H19FN4O2S2. The van der Waals surface area contributed by atoms with Gasteiger partial charge in [-0.1, -0.05) is 29.5 Å². The van der Waals surface area contributed by atoms with Crippen LogP contribution in [0.1, 0.15) is 17.5 Å². The monoisotopic (exact) mass is 370 g/mol. The van der Waals surface area contributed by atoms with Crippen molar-refractivity contribution < 1.29 is 12.8 Å². The highest BCUT2D eigenvalue weighted by molar-refractivity contribution is 7.89. The van der Waals surface area contributed by atoms with Gasteiger partial charge in [-0.25, -0.2) is 17.1 Å². The van der Waals surface area contributed by atoms with Crippen LogP contribution in [0, 0.1) is 11.7 Å². The molecule has 0 atom stereocenters. The molecule has 1 aromatic carbocycles. The number of nitrogens with zero attached hydrogens (tertiary/aromatic N) is 3. The Hall–Kier alpha value is -1.58. The molecule has 2 aromatic rings. The Morgan fingerprint density at radius 1 is 1.33 bits per heavy atom. The number of hydrogen-bond acceptors (Lipinski definition) is 6. The molecule has 1 aliphatic rings. The molecule has 0 aliphatic carbocycles. The SMILES string of the molecule is CCS(=O)(=O)N1CC(CNc2nnc(Cc3ccccc3F)s2)C1. The van der Waals surface area contributed by atoms with Gasteiger partial charge >= 0.3 is 0 Å². The molecule has 6 nitrogen and oxygen atoms in total. The lowest BCUT2D eigenvalue weighted by Gasteiger charge is -2.37. The molecule has 1 N–H and O–H groups in total. The Labute approximate surface area is 144 Å². The molecule has 1 aliphatic heterocycles. The summed E-state index contributed by atoms with van der Waals surface area (Å²) >= 11 is 1.39. The number of hydrogen-bond donors (Lipinski definition) is 1. The fourth-order valence-corrected chi connectivity index (χ4v) is 4.50. The Bertz CT molecular complexity index is 803. The zero-order chi connectivity index (χ0) is 17.2. The van der Waals surface area contributed by atoms with Gasteiger partial charge in [0.1, 0.15) is 10.8 Å². The predicted octanol–water partition coefficient (Wildman–Crippen LogP) is 1.96. The number of nitrogens with one attached hydrogen (secondary N) is 1. The standard InChI is InChI=1S/C15H19FN4O2S2/c1-2-24(21,22)20-9-11(10-20)8-17-15-19-18-14(23-15)7-12-5-3-4-6-13(12)16/h3-6,11H,2,7-10H2,1H3,(H,17,19). The van der Waals surface area contributed by atoms with Gasteiger partial charge in [-0.2, -0.15) is 0 Å². The number of anilines is 1. The van der Waals surface area contributed by atoms with E-state index in [0.717, 1.165) is 5.01 Å². The van der Waals surface area contributed by atoms with E-state index in [9.17, 15) is 12.8 Å². The summed E-state index contributed by atoms with van der Waals surface area (Å²) in [7, 11) is -3.07. The van der Waals surface area contributed by atoms with Gasteiger partial charge in [0.2, 0.25) is 15.2 Å². The van der Waals surface area contributed by atoms with Gasteiger partial charge in [0.25, 0.3) is 0 Å². The molecule has 1 aromatic heterocycles. The molecule has 0 saturated carbocycles. The highest BCUT2D eigenvalue weighted by atomic mass is 32.2. The van der Waals surface area contributed by atoms with Crippen molar-refractivity contribution in [2.24, 2.45) is 5.92 Å². The van der Waals surface area contributed by atoms with Gasteiger partial charge in [-0.15, -0.1) is 10.2 Å². The lowest BCUT2D eigenvalue weighted by atomic mass is 10.0. The fraction of sp³-hybridized carbons (Fsp3) is 0.467. The van der Waals surface area contributed by atoms with Crippen molar-refractivity contribution in [1.29, 1.82) is 0 Å². The van der Waals surface area contributed by atoms with Gasteiger partial charge in [0, 0.05) is 32.0 Å². The fourth-order valence-electron chi connectivity index (χ4n) is 2.49. The van der Waals surface area contributed by atoms with Crippen molar-refractivity contribution in [2.45, 2.75) is 13.3 Å². The van der Waals surface area contributed by atoms with Crippen LogP contribution in [0.2, 0.25) is 0 Å². The van der Waals surface area contributed by atoms with Crippen LogP contribution < -0.4 is 5.32 Å². The lowest BCUT2D eigenvalue weighted by molar-refractivity contribution is 0.212. The van der Waals surface area contributed by atoms with E-state index in [1.54, 1.807) is 25.1 Å². The van der Waals surface area contributed by atoms with Crippen LogP contribution >= 0.6 is 11.3 Å². The second-order valence-corrected chi connectivity index (χ2v) is 9.05. The minimum Gasteiger partial charge on any atom is -0.360 e. The molecule has 2 heterocycles. The smallest absolute Gasteiger partial charge is 0.213 e. The number of benzene rings is 1. The molecule has 1 fully saturated rings. The van der Waals surface area contributed by atoms with Gasteiger partial charge in [0.05, 0.1) is 5.75 Å². The number of rotatable bonds is 7. The second kappa shape index (κ2) is 7.12. The highest BCUT2D eigenvalue weighted by Crippen LogP contribution is 2.23. The van der Waals surface area contributed by atoms with Crippen molar-refractivity contribution >= 4 is 26.5 Å². The molecule has 130 valence electrons. The van der Waals surface area contributed by atoms with Crippen molar-refractivity contribution in [3.05, 3.63) is 40.7 Å². The van der Waals surface area contributed by atoms with Crippen LogP contribution in [-0.2, 0) is 16.4 Å². The van der Waals surface area contributed by atoms with Crippen LogP contribution in [0.15, 0.2) is 24.3 Å². The summed E-state index contributed by atoms with van der Waals surface area (Å²) in [6.07, 6.45) is 0.415. The summed E-state index contributed by atoms with van der Waals surface area (Å²) < 4.78 is 38.5. The summed E-state index contributed by atoms with van der Waals surface area (Å²) in [4.78, 5) is 0. The summed E-state index contributed by atoms with van der Waals surface area (Å²) in [6.45, 7) is 3.40. The van der Waals surface area contributed by atoms with Crippen molar-refractivity contribution in [3.8, 4) is 0 Å². The molecule has 9 heteroatoms. The second-order valence-electron chi connectivity index (χ2n) is 5.73. The molecule has 0 amide bonds. The summed E-state index contributed by atoms with van der Waals surface area (Å²) in [5.74, 6) is 0.183. The van der Waals surface area contributed by atoms with Crippen molar-refractivity contribution in [1.82, 2.24) is 14.5 Å². The Morgan fingerprint density at radius 2 is 2.08 bits per heavy atom. The first kappa shape index (κ1) is 17.2. The maximum Gasteiger partial charge on any atom is 0.213 e. The normalized spacial score (nSPS) is 16.1. The first-order valence-corrected chi connectivity index (χ1v) is 10.2. The van der Waals surface area contributed by atoms with Gasteiger partial charge in [-0.3, -0.25) is 0 Å². The van der Waals surface area contributed by atoms with E-state index < -0.39 is 10.0 Å². The van der Waals surface area contributed by atoms with E-state index in [4.69, 9.17) is 0 Å². The van der Waals surface area contributed by atoms with Gasteiger partial charge in [0.15, 0.2) is 0 Å². The molecule has 0 radical (unpaired) electrons. The molecule has 3 rings (SSSR count). The van der Waals surface area contributed by atoms with Crippen LogP contribution in [0.4, 0.5) is 9.52 Å². The van der Waals surface area contributed by atoms with Crippen LogP contribution in [0.5, 0.6) is 0 Å². The maximum atomic E-state index is 13.6. The van der Waals surface area contributed by atoms with Crippen LogP contribution in [0.25, 0.3) is 0 Å². The molecule has 24 heavy (non-hydrogen) atoms. The first-order chi connectivity index (χ1) is 11.5. The Balaban J connectivity index is 1.48. The highest BCUT2D eigenvalue weighted by Gasteiger charge is 2.34. The predicted molar refractivity (Wildman–Crippen MR) is 92.1 cm³/mol. The third-order valence-electron chi connectivity index (χ3n) is 3.99. The van der Waals surface area contributed by atoms with E-state index in [0.29, 0.717) is 36.8 Å². The van der Waals surface area contributed by atoms with E-state index >= 15 is 0 Å². The largest absolute Gasteiger partial charge is 0.360 e. The zero-order valence-electron chi connectivity index (χ0n) is 13.3. The molecule has 0 spiro atoms. The average molecular weight is 370 g/mol. The van der Waals surface area contributed by atoms with Gasteiger partial charge in [-0.05, 0) is 18.6 Å². The minimum absolute atomic E-state index is 0.142. The zero-order valence-corrected chi connectivity index (χ0v) is 14.9. The quantitative estimate of drug-likeness (QED) is 0.806. The molecule has 0 unspecified atom stereocenters. The summed E-state index contributed by atoms with van der Waals surface area (Å²) in [6, 6.07) is 6.63. The lowest BCUT2D eigenvalue weighted by Crippen LogP contribution is -2.52. The topological polar surface area (TPSA) is 75.2 Å². The van der Waals surface area contributed by atoms with E-state index in [-0.39, 0.29) is 17.5 Å². The summed E-state index contributed by atoms with van der Waals surface area (Å²) in [5.41, 5.74) is 0.597. The third-order valence-corrected chi connectivity index (χ3v) is 6.69. The van der Waals surface area contributed by atoms with Gasteiger partial charge < -0.3 is 5.32 Å². The van der Waals surface area contributed by atoms with E-state index in [2.05, 4.69) is 15.5 Å². The van der Waals surface area contributed by atoms with Crippen molar-refractivity contribution in [2.75, 3.05) is 30.7 Å². The average Bonchev–Trinajstić information content (AvgIpc) is 2.95. The van der Waals surface area contributed by atoms with E-state index in [1.165, 1.54) is 21.7 Å². The number of halogens is 1. The van der Waals surface area contributed by atoms with Crippen molar-refractivity contribution in [3.63, 3.8) is 0 Å². The number of aromatic nitrogens is 2. The molecule has 0 bridgehead atoms. The Kier molecular flexibility index (Phi) is 5.12. The first-order valence-electron chi connectivity index (χ1n) is 7.75. The molecular weight excluding hydrogens is 351 g/mol. The molecule has 1 saturated heterocycles. The van der Waals surface area contributed by atoms with Crippen LogP contribution in [-0.4, -0.2) is 48.3 Å².